The molecule has 3 unspecified atom stereocenters. The van der Waals surface area contributed by atoms with E-state index in [1.807, 2.05) is 18.9 Å². The Morgan fingerprint density at radius 3 is 2.29 bits per heavy atom. The molecule has 3 atom stereocenters. The molecule has 48 heavy (non-hydrogen) atoms. The van der Waals surface area contributed by atoms with Gasteiger partial charge in [-0.25, -0.2) is 0 Å². The van der Waals surface area contributed by atoms with Gasteiger partial charge < -0.3 is 64.7 Å². The summed E-state index contributed by atoms with van der Waals surface area (Å²) in [5.41, 5.74) is 3.30. The zero-order chi connectivity index (χ0) is 36.1. The highest BCUT2D eigenvalue weighted by Crippen LogP contribution is 2.34. The molecule has 0 aliphatic heterocycles. The number of aliphatic hydroxyl groups excluding tert-OH is 5. The van der Waals surface area contributed by atoms with Crippen LogP contribution in [0.5, 0.6) is 17.2 Å². The molecule has 0 saturated carbocycles. The second-order valence-corrected chi connectivity index (χ2v) is 9.98. The van der Waals surface area contributed by atoms with E-state index < -0.39 is 24.8 Å². The number of aliphatic hydroxyl groups is 6. The molecule has 0 amide bonds. The Bertz CT molecular complexity index is 1430. The molecule has 0 bridgehead atoms. The number of carbonyl (C=O) groups excluding carboxylic acids is 2. The third-order valence-corrected chi connectivity index (χ3v) is 6.56. The van der Waals surface area contributed by atoms with Crippen LogP contribution in [-0.4, -0.2) is 99.0 Å². The van der Waals surface area contributed by atoms with Crippen molar-refractivity contribution in [2.75, 3.05) is 20.3 Å². The van der Waals surface area contributed by atoms with Crippen molar-refractivity contribution < 1.29 is 64.7 Å². The Labute approximate surface area is 278 Å². The first-order chi connectivity index (χ1) is 23.1. The van der Waals surface area contributed by atoms with Crippen molar-refractivity contribution in [2.45, 2.75) is 51.0 Å². The number of benzene rings is 2. The molecule has 262 valence electrons. The Hall–Kier alpha value is -4.76. The van der Waals surface area contributed by atoms with E-state index in [-0.39, 0.29) is 37.6 Å². The zero-order valence-electron chi connectivity index (χ0n) is 26.8. The first kappa shape index (κ1) is 41.3. The summed E-state index contributed by atoms with van der Waals surface area (Å²) in [6.45, 7) is 3.69. The fourth-order valence-corrected chi connectivity index (χ4v) is 4.30. The minimum atomic E-state index is -2.18. The number of aromatic hydroxyl groups is 2. The Morgan fingerprint density at radius 1 is 0.938 bits per heavy atom. The van der Waals surface area contributed by atoms with E-state index in [9.17, 15) is 25.2 Å². The average Bonchev–Trinajstić information content (AvgIpc) is 3.26. The van der Waals surface area contributed by atoms with E-state index in [1.165, 1.54) is 6.08 Å². The van der Waals surface area contributed by atoms with Crippen molar-refractivity contribution in [2.24, 2.45) is 0 Å². The number of rotatable bonds is 16. The number of fused-ring (bicyclic) bond motifs is 1. The van der Waals surface area contributed by atoms with Gasteiger partial charge in [-0.1, -0.05) is 48.6 Å². The molecule has 1 aliphatic rings. The largest absolute Gasteiger partial charge is 0.516 e. The molecule has 1 aliphatic carbocycles. The van der Waals surface area contributed by atoms with Crippen molar-refractivity contribution in [1.29, 1.82) is 0 Å². The predicted molar refractivity (Wildman–Crippen MR) is 178 cm³/mol. The average molecular weight is 673 g/mol. The van der Waals surface area contributed by atoms with Gasteiger partial charge in [-0.05, 0) is 47.9 Å². The summed E-state index contributed by atoms with van der Waals surface area (Å²) < 4.78 is 17.0. The first-order valence-electron chi connectivity index (χ1n) is 14.7. The van der Waals surface area contributed by atoms with Gasteiger partial charge in [0.2, 0.25) is 0 Å². The molecule has 2 aromatic rings. The van der Waals surface area contributed by atoms with Crippen molar-refractivity contribution in [3.8, 4) is 17.2 Å². The molecule has 2 aromatic carbocycles. The molecule has 0 saturated heterocycles. The number of carbonyl (C=O) groups is 2. The molecule has 8 N–H and O–H groups in total. The topological polar surface area (TPSA) is 224 Å². The Kier molecular flexibility index (Phi) is 19.5. The van der Waals surface area contributed by atoms with Gasteiger partial charge in [0.05, 0.1) is 19.0 Å². The minimum absolute atomic E-state index is 0.0166. The number of allylic oxidation sites excluding steroid dienone is 6. The summed E-state index contributed by atoms with van der Waals surface area (Å²) >= 11 is 0. The van der Waals surface area contributed by atoms with Crippen LogP contribution in [0.2, 0.25) is 0 Å². The van der Waals surface area contributed by atoms with Crippen LogP contribution in [0, 0.1) is 0 Å². The second-order valence-electron chi connectivity index (χ2n) is 9.98. The van der Waals surface area contributed by atoms with Gasteiger partial charge >= 0.3 is 0 Å². The monoisotopic (exact) mass is 672 g/mol. The first-order valence-corrected chi connectivity index (χ1v) is 14.7. The molecule has 0 spiro atoms. The molecule has 13 nitrogen and oxygen atoms in total. The number of hydrogen-bond acceptors (Lipinski definition) is 13. The molecule has 0 radical (unpaired) electrons. The molecule has 0 heterocycles. The van der Waals surface area contributed by atoms with E-state index in [4.69, 9.17) is 39.4 Å². The smallest absolute Gasteiger partial charge is 0.186 e. The second kappa shape index (κ2) is 22.7. The predicted octanol–water partition coefficient (Wildman–Crippen LogP) is 2.61. The van der Waals surface area contributed by atoms with Gasteiger partial charge in [0, 0.05) is 37.5 Å². The fraction of sp³-hybridized carbons (Fsp3) is 0.314. The maximum absolute atomic E-state index is 11.1. The lowest BCUT2D eigenvalue weighted by Gasteiger charge is -2.24. The summed E-state index contributed by atoms with van der Waals surface area (Å²) in [6.07, 6.45) is 7.59. The van der Waals surface area contributed by atoms with Gasteiger partial charge in [-0.15, -0.1) is 0 Å². The van der Waals surface area contributed by atoms with Gasteiger partial charge in [0.1, 0.15) is 31.2 Å². The molecule has 0 aromatic heterocycles. The third kappa shape index (κ3) is 13.5. The highest BCUT2D eigenvalue weighted by Gasteiger charge is 2.26. The maximum Gasteiger partial charge on any atom is 0.186 e. The SMILES string of the molecule is C=O.CC(COC1=CC(CCOc2ccc(/C=C/C=C/C=C/O)cc2O)=Cc2ccc(CC=O)c(O)c2C1)OC(O)C(O)C(O)O.CO. The van der Waals surface area contributed by atoms with E-state index >= 15 is 0 Å². The van der Waals surface area contributed by atoms with Gasteiger partial charge in [-0.3, -0.25) is 0 Å². The number of phenols is 2. The third-order valence-electron chi connectivity index (χ3n) is 6.56. The lowest BCUT2D eigenvalue weighted by molar-refractivity contribution is -0.245. The lowest BCUT2D eigenvalue weighted by Crippen LogP contribution is -2.41. The lowest BCUT2D eigenvalue weighted by atomic mass is 9.98. The number of aldehydes is 1. The number of phenolic OH excluding ortho intramolecular Hbond substituents is 2. The summed E-state index contributed by atoms with van der Waals surface area (Å²) in [4.78, 5) is 19.1. The summed E-state index contributed by atoms with van der Waals surface area (Å²) in [7, 11) is 1.00. The van der Waals surface area contributed by atoms with Gasteiger partial charge in [0.25, 0.3) is 0 Å². The Morgan fingerprint density at radius 2 is 1.65 bits per heavy atom. The minimum Gasteiger partial charge on any atom is -0.516 e. The Balaban J connectivity index is 0.00000277. The van der Waals surface area contributed by atoms with Crippen LogP contribution in [0.4, 0.5) is 0 Å². The van der Waals surface area contributed by atoms with Crippen LogP contribution in [0.15, 0.2) is 78.3 Å². The zero-order valence-corrected chi connectivity index (χ0v) is 26.8. The van der Waals surface area contributed by atoms with E-state index in [0.717, 1.165) is 30.1 Å². The molecular weight excluding hydrogens is 628 g/mol. The molecular formula is C35H44O13. The van der Waals surface area contributed by atoms with Crippen molar-refractivity contribution in [3.63, 3.8) is 0 Å². The molecule has 13 heteroatoms. The van der Waals surface area contributed by atoms with Crippen LogP contribution in [0.3, 0.4) is 0 Å². The van der Waals surface area contributed by atoms with Gasteiger partial charge in [0.15, 0.2) is 30.2 Å². The van der Waals surface area contributed by atoms with E-state index in [1.54, 1.807) is 61.6 Å². The highest BCUT2D eigenvalue weighted by atomic mass is 16.6. The number of hydrogen-bond donors (Lipinski definition) is 8. The summed E-state index contributed by atoms with van der Waals surface area (Å²) in [5, 5.41) is 74.5. The van der Waals surface area contributed by atoms with Crippen LogP contribution in [0.25, 0.3) is 12.2 Å². The fourth-order valence-electron chi connectivity index (χ4n) is 4.30. The maximum atomic E-state index is 11.1. The van der Waals surface area contributed by atoms with Crippen LogP contribution < -0.4 is 4.74 Å². The number of ether oxygens (including phenoxy) is 3. The van der Waals surface area contributed by atoms with Crippen molar-refractivity contribution in [3.05, 3.63) is 101 Å². The van der Waals surface area contributed by atoms with Crippen LogP contribution in [0.1, 0.15) is 35.6 Å². The van der Waals surface area contributed by atoms with E-state index in [0.29, 0.717) is 35.3 Å². The molecule has 3 rings (SSSR count). The summed E-state index contributed by atoms with van der Waals surface area (Å²) in [6, 6.07) is 8.50. The van der Waals surface area contributed by atoms with Crippen LogP contribution in [-0.2, 0) is 31.9 Å². The quantitative estimate of drug-likeness (QED) is 0.0557. The van der Waals surface area contributed by atoms with Crippen molar-refractivity contribution >= 4 is 25.2 Å². The van der Waals surface area contributed by atoms with Crippen molar-refractivity contribution in [1.82, 2.24) is 0 Å². The van der Waals surface area contributed by atoms with E-state index in [2.05, 4.69) is 0 Å². The van der Waals surface area contributed by atoms with Gasteiger partial charge in [-0.2, -0.15) is 0 Å². The standard InChI is InChI=1S/C33H38O11.CH4O.CH2O/c1-21(44-33(41)31(38)32(39)40)20-43-26-17-23(16-25-9-8-24(11-14-35)30(37)27(25)19-26)12-15-42-29-10-7-22(18-28(29)36)6-4-2-3-5-13-34;2*1-2/h2-10,13-14,16-18,21,31-34,36-41H,11-12,15,19-20H2,1H3;2H,1H3;1H2/b3-2+,6-4+,13-5+;;. The van der Waals surface area contributed by atoms with Crippen LogP contribution >= 0.6 is 0 Å². The highest BCUT2D eigenvalue weighted by molar-refractivity contribution is 5.68. The molecule has 0 fully saturated rings. The normalized spacial score (nSPS) is 14.5. The summed E-state index contributed by atoms with van der Waals surface area (Å²) in [5.74, 6) is 0.696.